The smallest absolute Gasteiger partial charge is 0.255 e. The van der Waals surface area contributed by atoms with Crippen molar-refractivity contribution in [1.29, 1.82) is 0 Å². The van der Waals surface area contributed by atoms with Crippen molar-refractivity contribution in [3.8, 4) is 5.75 Å². The molecule has 0 unspecified atom stereocenters. The molecule has 0 aliphatic heterocycles. The molecule has 0 spiro atoms. The molecule has 0 heterocycles. The van der Waals surface area contributed by atoms with Gasteiger partial charge >= 0.3 is 0 Å². The van der Waals surface area contributed by atoms with E-state index in [1.807, 2.05) is 12.1 Å². The Hall–Kier alpha value is -2.42. The predicted octanol–water partition coefficient (Wildman–Crippen LogP) is 3.35. The number of ether oxygens (including phenoxy) is 1. The van der Waals surface area contributed by atoms with Crippen LogP contribution >= 0.6 is 0 Å². The van der Waals surface area contributed by atoms with E-state index in [-0.39, 0.29) is 16.8 Å². The maximum Gasteiger partial charge on any atom is 0.255 e. The highest BCUT2D eigenvalue weighted by Crippen LogP contribution is 2.17. The lowest BCUT2D eigenvalue weighted by molar-refractivity contribution is 0.102. The second kappa shape index (κ2) is 11.1. The van der Waals surface area contributed by atoms with Crippen LogP contribution in [0.5, 0.6) is 5.75 Å². The minimum atomic E-state index is -3.58. The summed E-state index contributed by atoms with van der Waals surface area (Å²) in [6, 6.07) is 12.8. The van der Waals surface area contributed by atoms with Crippen LogP contribution in [0.15, 0.2) is 53.4 Å². The summed E-state index contributed by atoms with van der Waals surface area (Å²) in [4.78, 5) is 14.8. The number of nitrogens with zero attached hydrogens (tertiary/aromatic N) is 1. The molecule has 0 atom stereocenters. The third kappa shape index (κ3) is 7.12. The Labute approximate surface area is 179 Å². The zero-order valence-corrected chi connectivity index (χ0v) is 18.8. The van der Waals surface area contributed by atoms with Gasteiger partial charge in [-0.15, -0.1) is 0 Å². The molecule has 0 aliphatic rings. The summed E-state index contributed by atoms with van der Waals surface area (Å²) in [6.45, 7) is 11.2. The second-order valence-electron chi connectivity index (χ2n) is 7.15. The van der Waals surface area contributed by atoms with Crippen molar-refractivity contribution >= 4 is 21.6 Å². The summed E-state index contributed by atoms with van der Waals surface area (Å²) >= 11 is 0. The predicted molar refractivity (Wildman–Crippen MR) is 120 cm³/mol. The van der Waals surface area contributed by atoms with Crippen LogP contribution in [0.4, 0.5) is 5.69 Å². The number of amides is 1. The molecular formula is C22H31N3O4S. The van der Waals surface area contributed by atoms with Crippen LogP contribution < -0.4 is 14.8 Å². The molecule has 2 N–H and O–H groups in total. The molecule has 0 saturated carbocycles. The summed E-state index contributed by atoms with van der Waals surface area (Å²) in [7, 11) is -3.58. The molecule has 7 nitrogen and oxygen atoms in total. The molecule has 164 valence electrons. The van der Waals surface area contributed by atoms with Gasteiger partial charge in [0.1, 0.15) is 12.4 Å². The topological polar surface area (TPSA) is 87.7 Å². The first kappa shape index (κ1) is 23.9. The number of hydrogen-bond acceptors (Lipinski definition) is 5. The van der Waals surface area contributed by atoms with Gasteiger partial charge in [-0.2, -0.15) is 0 Å². The van der Waals surface area contributed by atoms with E-state index in [0.717, 1.165) is 25.4 Å². The number of likely N-dealkylation sites (N-methyl/N-ethyl adjacent to an activating group) is 1. The Bertz CT molecular complexity index is 906. The standard InChI is InChI=1S/C22H31N3O4S/c1-5-25(6-2)15-16-29-20-11-9-19(10-12-20)23-22(26)18-7-13-21(14-8-18)30(27,28)24-17(3)4/h7-14,17,24H,5-6,15-16H2,1-4H3,(H,23,26). The third-order valence-electron chi connectivity index (χ3n) is 4.50. The highest BCUT2D eigenvalue weighted by molar-refractivity contribution is 7.89. The monoisotopic (exact) mass is 433 g/mol. The fraction of sp³-hybridized carbons (Fsp3) is 0.409. The number of hydrogen-bond donors (Lipinski definition) is 2. The summed E-state index contributed by atoms with van der Waals surface area (Å²) in [5.74, 6) is 0.429. The average Bonchev–Trinajstić information content (AvgIpc) is 2.71. The van der Waals surface area contributed by atoms with E-state index in [4.69, 9.17) is 4.74 Å². The first-order valence-corrected chi connectivity index (χ1v) is 11.6. The number of sulfonamides is 1. The van der Waals surface area contributed by atoms with Crippen molar-refractivity contribution in [3.63, 3.8) is 0 Å². The highest BCUT2D eigenvalue weighted by Gasteiger charge is 2.16. The number of carbonyl (C=O) groups is 1. The first-order valence-electron chi connectivity index (χ1n) is 10.1. The number of anilines is 1. The number of nitrogens with one attached hydrogen (secondary N) is 2. The Morgan fingerprint density at radius 2 is 1.60 bits per heavy atom. The van der Waals surface area contributed by atoms with Crippen LogP contribution in [0.25, 0.3) is 0 Å². The van der Waals surface area contributed by atoms with E-state index in [2.05, 4.69) is 28.8 Å². The van der Waals surface area contributed by atoms with Crippen LogP contribution in [0.3, 0.4) is 0 Å². The normalized spacial score (nSPS) is 11.7. The van der Waals surface area contributed by atoms with E-state index in [1.165, 1.54) is 24.3 Å². The van der Waals surface area contributed by atoms with Crippen molar-refractivity contribution in [2.24, 2.45) is 0 Å². The highest BCUT2D eigenvalue weighted by atomic mass is 32.2. The van der Waals surface area contributed by atoms with Gasteiger partial charge in [0.05, 0.1) is 4.90 Å². The summed E-state index contributed by atoms with van der Waals surface area (Å²) in [5.41, 5.74) is 1.01. The largest absolute Gasteiger partial charge is 0.492 e. The van der Waals surface area contributed by atoms with Gasteiger partial charge < -0.3 is 15.0 Å². The van der Waals surface area contributed by atoms with Crippen molar-refractivity contribution in [1.82, 2.24) is 9.62 Å². The van der Waals surface area contributed by atoms with Crippen LogP contribution in [0.2, 0.25) is 0 Å². The Kier molecular flexibility index (Phi) is 8.83. The molecule has 0 radical (unpaired) electrons. The molecule has 2 aromatic carbocycles. The fourth-order valence-electron chi connectivity index (χ4n) is 2.83. The fourth-order valence-corrected chi connectivity index (χ4v) is 4.09. The molecule has 1 amide bonds. The quantitative estimate of drug-likeness (QED) is 0.567. The molecule has 2 aromatic rings. The molecule has 30 heavy (non-hydrogen) atoms. The van der Waals surface area contributed by atoms with Crippen molar-refractivity contribution in [3.05, 3.63) is 54.1 Å². The first-order chi connectivity index (χ1) is 14.2. The maximum absolute atomic E-state index is 12.4. The molecular weight excluding hydrogens is 402 g/mol. The molecule has 0 aliphatic carbocycles. The van der Waals surface area contributed by atoms with Gasteiger partial charge in [-0.05, 0) is 75.5 Å². The van der Waals surface area contributed by atoms with E-state index in [1.54, 1.807) is 26.0 Å². The van der Waals surface area contributed by atoms with E-state index in [9.17, 15) is 13.2 Å². The SMILES string of the molecule is CCN(CC)CCOc1ccc(NC(=O)c2ccc(S(=O)(=O)NC(C)C)cc2)cc1. The minimum Gasteiger partial charge on any atom is -0.492 e. The van der Waals surface area contributed by atoms with Gasteiger partial charge in [0.2, 0.25) is 10.0 Å². The van der Waals surface area contributed by atoms with Gasteiger partial charge in [0.25, 0.3) is 5.91 Å². The van der Waals surface area contributed by atoms with Gasteiger partial charge in [-0.1, -0.05) is 13.8 Å². The van der Waals surface area contributed by atoms with Crippen molar-refractivity contribution in [2.75, 3.05) is 31.6 Å². The van der Waals surface area contributed by atoms with E-state index < -0.39 is 10.0 Å². The number of benzene rings is 2. The molecule has 2 rings (SSSR count). The number of carbonyl (C=O) groups excluding carboxylic acids is 1. The van der Waals surface area contributed by atoms with E-state index >= 15 is 0 Å². The summed E-state index contributed by atoms with van der Waals surface area (Å²) in [6.07, 6.45) is 0. The summed E-state index contributed by atoms with van der Waals surface area (Å²) in [5, 5.41) is 2.80. The molecule has 0 saturated heterocycles. The van der Waals surface area contributed by atoms with Crippen LogP contribution in [-0.2, 0) is 10.0 Å². The summed E-state index contributed by atoms with van der Waals surface area (Å²) < 4.78 is 32.6. The molecule has 8 heteroatoms. The van der Waals surface area contributed by atoms with Gasteiger partial charge in [-0.25, -0.2) is 13.1 Å². The van der Waals surface area contributed by atoms with Crippen LogP contribution in [0.1, 0.15) is 38.1 Å². The van der Waals surface area contributed by atoms with Gasteiger partial charge in [0, 0.05) is 23.8 Å². The van der Waals surface area contributed by atoms with Crippen molar-refractivity contribution in [2.45, 2.75) is 38.6 Å². The lowest BCUT2D eigenvalue weighted by Gasteiger charge is -2.18. The Balaban J connectivity index is 1.93. The van der Waals surface area contributed by atoms with Crippen LogP contribution in [0, 0.1) is 0 Å². The lowest BCUT2D eigenvalue weighted by atomic mass is 10.2. The minimum absolute atomic E-state index is 0.124. The molecule has 0 bridgehead atoms. The zero-order valence-electron chi connectivity index (χ0n) is 18.0. The van der Waals surface area contributed by atoms with E-state index in [0.29, 0.717) is 17.9 Å². The van der Waals surface area contributed by atoms with Gasteiger partial charge in [0.15, 0.2) is 0 Å². The maximum atomic E-state index is 12.4. The third-order valence-corrected chi connectivity index (χ3v) is 6.17. The Morgan fingerprint density at radius 3 is 2.13 bits per heavy atom. The van der Waals surface area contributed by atoms with Gasteiger partial charge in [-0.3, -0.25) is 4.79 Å². The lowest BCUT2D eigenvalue weighted by Crippen LogP contribution is -2.30. The zero-order chi connectivity index (χ0) is 22.1. The van der Waals surface area contributed by atoms with Crippen LogP contribution in [-0.4, -0.2) is 51.5 Å². The molecule has 0 fully saturated rings. The molecule has 0 aromatic heterocycles. The number of rotatable bonds is 11. The Morgan fingerprint density at radius 1 is 1.00 bits per heavy atom. The van der Waals surface area contributed by atoms with Crippen molar-refractivity contribution < 1.29 is 17.9 Å². The second-order valence-corrected chi connectivity index (χ2v) is 8.87. The average molecular weight is 434 g/mol.